The lowest BCUT2D eigenvalue weighted by Crippen LogP contribution is -2.36. The first-order chi connectivity index (χ1) is 10.3. The van der Waals surface area contributed by atoms with E-state index in [-0.39, 0.29) is 11.8 Å². The molecule has 0 aliphatic heterocycles. The van der Waals surface area contributed by atoms with Crippen LogP contribution < -0.4 is 16.4 Å². The lowest BCUT2D eigenvalue weighted by atomic mass is 10.0. The van der Waals surface area contributed by atoms with E-state index >= 15 is 0 Å². The average molecular weight is 307 g/mol. The highest BCUT2D eigenvalue weighted by molar-refractivity contribution is 5.97. The number of hydrogen-bond acceptors (Lipinski definition) is 4. The molecular weight excluding hydrogens is 282 g/mol. The summed E-state index contributed by atoms with van der Waals surface area (Å²) < 4.78 is 4.95. The molecule has 0 radical (unpaired) electrons. The predicted molar refractivity (Wildman–Crippen MR) is 87.6 cm³/mol. The predicted octanol–water partition coefficient (Wildman–Crippen LogP) is 1.97. The summed E-state index contributed by atoms with van der Waals surface area (Å²) in [6, 6.07) is 6.36. The zero-order valence-electron chi connectivity index (χ0n) is 13.6. The van der Waals surface area contributed by atoms with Gasteiger partial charge in [0.25, 0.3) is 5.91 Å². The van der Waals surface area contributed by atoms with Crippen LogP contribution in [0.15, 0.2) is 24.3 Å². The number of anilines is 2. The molecular formula is C16H25N3O3. The summed E-state index contributed by atoms with van der Waals surface area (Å²) in [7, 11) is 1.47. The van der Waals surface area contributed by atoms with Crippen LogP contribution in [0.1, 0.15) is 27.2 Å². The van der Waals surface area contributed by atoms with Gasteiger partial charge in [0, 0.05) is 18.5 Å². The molecule has 0 spiro atoms. The fourth-order valence-electron chi connectivity index (χ4n) is 1.88. The molecule has 0 saturated heterocycles. The van der Waals surface area contributed by atoms with E-state index in [4.69, 9.17) is 10.5 Å². The number of nitrogens with two attached hydrogens (primary N) is 1. The highest BCUT2D eigenvalue weighted by Crippen LogP contribution is 2.16. The van der Waals surface area contributed by atoms with Crippen molar-refractivity contribution in [1.82, 2.24) is 0 Å². The normalized spacial score (nSPS) is 13.5. The third-order valence-corrected chi connectivity index (χ3v) is 3.18. The molecule has 22 heavy (non-hydrogen) atoms. The van der Waals surface area contributed by atoms with Crippen molar-refractivity contribution < 1.29 is 14.3 Å². The van der Waals surface area contributed by atoms with E-state index in [2.05, 4.69) is 10.6 Å². The molecule has 1 unspecified atom stereocenters. The number of carbonyl (C=O) groups is 2. The van der Waals surface area contributed by atoms with E-state index in [0.717, 1.165) is 0 Å². The van der Waals surface area contributed by atoms with Gasteiger partial charge in [0.2, 0.25) is 5.91 Å². The first-order valence-electron chi connectivity index (χ1n) is 7.33. The zero-order chi connectivity index (χ0) is 16.7. The van der Waals surface area contributed by atoms with E-state index in [9.17, 15) is 9.59 Å². The van der Waals surface area contributed by atoms with Crippen LogP contribution in [0.3, 0.4) is 0 Å². The minimum Gasteiger partial charge on any atom is -0.372 e. The van der Waals surface area contributed by atoms with E-state index < -0.39 is 12.1 Å². The Morgan fingerprint density at radius 2 is 1.68 bits per heavy atom. The van der Waals surface area contributed by atoms with Gasteiger partial charge < -0.3 is 21.1 Å². The molecule has 1 aromatic carbocycles. The molecule has 2 atom stereocenters. The van der Waals surface area contributed by atoms with Gasteiger partial charge in [0.05, 0.1) is 6.04 Å². The average Bonchev–Trinajstić information content (AvgIpc) is 2.45. The Kier molecular flexibility index (Phi) is 7.01. The summed E-state index contributed by atoms with van der Waals surface area (Å²) in [4.78, 5) is 23.8. The second-order valence-electron chi connectivity index (χ2n) is 5.67. The zero-order valence-corrected chi connectivity index (χ0v) is 13.6. The molecule has 0 aliphatic carbocycles. The summed E-state index contributed by atoms with van der Waals surface area (Å²) in [5, 5.41) is 5.48. The number of rotatable bonds is 7. The molecule has 2 amide bonds. The molecule has 1 rings (SSSR count). The minimum atomic E-state index is -0.549. The fraction of sp³-hybridized carbons (Fsp3) is 0.500. The second kappa shape index (κ2) is 8.51. The Balaban J connectivity index is 2.68. The van der Waals surface area contributed by atoms with Crippen molar-refractivity contribution in [2.75, 3.05) is 17.7 Å². The first-order valence-corrected chi connectivity index (χ1v) is 7.33. The summed E-state index contributed by atoms with van der Waals surface area (Å²) in [6.45, 7) is 5.69. The Morgan fingerprint density at radius 3 is 2.18 bits per heavy atom. The van der Waals surface area contributed by atoms with Crippen molar-refractivity contribution in [3.63, 3.8) is 0 Å². The Morgan fingerprint density at radius 1 is 1.14 bits per heavy atom. The van der Waals surface area contributed by atoms with Gasteiger partial charge in [-0.15, -0.1) is 0 Å². The number of benzene rings is 1. The van der Waals surface area contributed by atoms with Crippen molar-refractivity contribution >= 4 is 23.2 Å². The fourth-order valence-corrected chi connectivity index (χ4v) is 1.88. The van der Waals surface area contributed by atoms with Gasteiger partial charge in [0.15, 0.2) is 0 Å². The van der Waals surface area contributed by atoms with Gasteiger partial charge in [0.1, 0.15) is 6.10 Å². The number of methoxy groups -OCH3 is 1. The van der Waals surface area contributed by atoms with E-state index in [1.807, 2.05) is 13.8 Å². The van der Waals surface area contributed by atoms with E-state index in [0.29, 0.717) is 23.7 Å². The molecule has 0 aliphatic rings. The van der Waals surface area contributed by atoms with Crippen LogP contribution in [-0.4, -0.2) is 31.1 Å². The largest absolute Gasteiger partial charge is 0.372 e. The van der Waals surface area contributed by atoms with Crippen LogP contribution in [0, 0.1) is 5.92 Å². The number of nitrogens with one attached hydrogen (secondary N) is 2. The summed E-state index contributed by atoms with van der Waals surface area (Å²) in [6.07, 6.45) is 0.0749. The van der Waals surface area contributed by atoms with Crippen molar-refractivity contribution in [1.29, 1.82) is 0 Å². The number of carbonyl (C=O) groups excluding carboxylic acids is 2. The van der Waals surface area contributed by atoms with E-state index in [1.165, 1.54) is 7.11 Å². The molecule has 122 valence electrons. The summed E-state index contributed by atoms with van der Waals surface area (Å²) in [5.41, 5.74) is 7.02. The van der Waals surface area contributed by atoms with Gasteiger partial charge in [-0.05, 0) is 37.5 Å². The number of ether oxygens (including phenoxy) is 1. The van der Waals surface area contributed by atoms with Crippen molar-refractivity contribution in [2.45, 2.75) is 39.3 Å². The van der Waals surface area contributed by atoms with Crippen LogP contribution in [0.2, 0.25) is 0 Å². The summed E-state index contributed by atoms with van der Waals surface area (Å²) >= 11 is 0. The van der Waals surface area contributed by atoms with Gasteiger partial charge in [-0.1, -0.05) is 19.9 Å². The summed E-state index contributed by atoms with van der Waals surface area (Å²) in [5.74, 6) is -0.133. The minimum absolute atomic E-state index is 0.234. The standard InChI is InChI=1S/C16H25N3O3/c1-10(2)8-14(17)16(21)19-13-7-5-6-12(9-13)18-15(20)11(3)22-4/h5-7,9-11,14H,8,17H2,1-4H3,(H,18,20)(H,19,21)/t11?,14-/m0/s1. The maximum Gasteiger partial charge on any atom is 0.253 e. The Bertz CT molecular complexity index is 517. The third kappa shape index (κ3) is 5.83. The molecule has 1 aromatic rings. The lowest BCUT2D eigenvalue weighted by molar-refractivity contribution is -0.124. The molecule has 0 heterocycles. The van der Waals surface area contributed by atoms with Gasteiger partial charge in [-0.25, -0.2) is 0 Å². The van der Waals surface area contributed by atoms with E-state index in [1.54, 1.807) is 31.2 Å². The van der Waals surface area contributed by atoms with Crippen LogP contribution in [0.25, 0.3) is 0 Å². The lowest BCUT2D eigenvalue weighted by Gasteiger charge is -2.15. The van der Waals surface area contributed by atoms with Crippen LogP contribution in [0.5, 0.6) is 0 Å². The Labute approximate surface area is 131 Å². The van der Waals surface area contributed by atoms with Crippen molar-refractivity contribution in [2.24, 2.45) is 11.7 Å². The molecule has 4 N–H and O–H groups in total. The van der Waals surface area contributed by atoms with Gasteiger partial charge in [-0.3, -0.25) is 9.59 Å². The third-order valence-electron chi connectivity index (χ3n) is 3.18. The molecule has 0 aromatic heterocycles. The molecule has 6 heteroatoms. The number of amides is 2. The highest BCUT2D eigenvalue weighted by Gasteiger charge is 2.16. The number of hydrogen-bond donors (Lipinski definition) is 3. The molecule has 0 fully saturated rings. The molecule has 0 bridgehead atoms. The first kappa shape index (κ1) is 18.1. The smallest absolute Gasteiger partial charge is 0.253 e. The van der Waals surface area contributed by atoms with Crippen molar-refractivity contribution in [3.05, 3.63) is 24.3 Å². The molecule has 0 saturated carbocycles. The maximum atomic E-state index is 12.0. The second-order valence-corrected chi connectivity index (χ2v) is 5.67. The van der Waals surface area contributed by atoms with Crippen LogP contribution in [-0.2, 0) is 14.3 Å². The van der Waals surface area contributed by atoms with Gasteiger partial charge in [-0.2, -0.15) is 0 Å². The van der Waals surface area contributed by atoms with Crippen molar-refractivity contribution in [3.8, 4) is 0 Å². The SMILES string of the molecule is COC(C)C(=O)Nc1cccc(NC(=O)[C@@H](N)CC(C)C)c1. The Hall–Kier alpha value is -1.92. The highest BCUT2D eigenvalue weighted by atomic mass is 16.5. The van der Waals surface area contributed by atoms with Gasteiger partial charge >= 0.3 is 0 Å². The molecule has 6 nitrogen and oxygen atoms in total. The quantitative estimate of drug-likeness (QED) is 0.718. The monoisotopic (exact) mass is 307 g/mol. The van der Waals surface area contributed by atoms with Crippen LogP contribution >= 0.6 is 0 Å². The topological polar surface area (TPSA) is 93.5 Å². The van der Waals surface area contributed by atoms with Crippen LogP contribution in [0.4, 0.5) is 11.4 Å². The maximum absolute atomic E-state index is 12.0.